The van der Waals surface area contributed by atoms with Gasteiger partial charge in [0, 0.05) is 13.6 Å². The van der Waals surface area contributed by atoms with E-state index >= 15 is 0 Å². The van der Waals surface area contributed by atoms with Crippen LogP contribution < -0.4 is 11.1 Å². The van der Waals surface area contributed by atoms with Crippen LogP contribution in [0.4, 0.5) is 5.69 Å². The summed E-state index contributed by atoms with van der Waals surface area (Å²) in [6.07, 6.45) is 6.63. The molecule has 0 aliphatic heterocycles. The number of phenols is 1. The van der Waals surface area contributed by atoms with E-state index in [2.05, 4.69) is 10.3 Å². The molecule has 0 saturated heterocycles. The summed E-state index contributed by atoms with van der Waals surface area (Å²) in [6.45, 7) is 3.02. The topological polar surface area (TPSA) is 70.6 Å². The molecule has 0 amide bonds. The summed E-state index contributed by atoms with van der Waals surface area (Å²) in [7, 11) is 1.78. The number of rotatable bonds is 4. The zero-order valence-corrected chi connectivity index (χ0v) is 12.4. The molecule has 1 aromatic carbocycles. The maximum absolute atomic E-state index is 9.64. The van der Waals surface area contributed by atoms with Gasteiger partial charge in [0.15, 0.2) is 0 Å². The molecule has 0 radical (unpaired) electrons. The van der Waals surface area contributed by atoms with Crippen LogP contribution in [0.15, 0.2) is 17.1 Å². The van der Waals surface area contributed by atoms with Crippen LogP contribution in [0.1, 0.15) is 42.7 Å². The molecule has 1 fully saturated rings. The molecule has 4 nitrogen and oxygen atoms in total. The van der Waals surface area contributed by atoms with E-state index in [0.29, 0.717) is 11.6 Å². The standard InChI is InChI=1S/C16H25N3O/c1-11-14(7-8-15(20)16(11)17)13-5-3-12(4-6-13)9-19-10-18-2/h7-8,10,12-13,20H,3-6,9,17H2,1-2H3,(H,18,19). The SMILES string of the molecule is CN=CNCC1CCC(c2ccc(O)c(N)c2C)CC1. The van der Waals surface area contributed by atoms with E-state index < -0.39 is 0 Å². The number of nitrogen functional groups attached to an aromatic ring is 1. The van der Waals surface area contributed by atoms with Crippen molar-refractivity contribution in [2.75, 3.05) is 19.3 Å². The van der Waals surface area contributed by atoms with Crippen molar-refractivity contribution in [2.24, 2.45) is 10.9 Å². The minimum absolute atomic E-state index is 0.197. The van der Waals surface area contributed by atoms with Gasteiger partial charge in [-0.2, -0.15) is 0 Å². The minimum Gasteiger partial charge on any atom is -0.506 e. The number of benzene rings is 1. The highest BCUT2D eigenvalue weighted by atomic mass is 16.3. The van der Waals surface area contributed by atoms with Gasteiger partial charge in [-0.05, 0) is 61.6 Å². The van der Waals surface area contributed by atoms with Gasteiger partial charge in [0.2, 0.25) is 0 Å². The summed E-state index contributed by atoms with van der Waals surface area (Å²) < 4.78 is 0. The maximum Gasteiger partial charge on any atom is 0.138 e. The lowest BCUT2D eigenvalue weighted by Crippen LogP contribution is -2.25. The fourth-order valence-corrected chi connectivity index (χ4v) is 3.16. The van der Waals surface area contributed by atoms with Crippen LogP contribution in [0.2, 0.25) is 0 Å². The van der Waals surface area contributed by atoms with Gasteiger partial charge in [-0.3, -0.25) is 4.99 Å². The zero-order chi connectivity index (χ0) is 14.5. The summed E-state index contributed by atoms with van der Waals surface area (Å²) in [5.41, 5.74) is 8.81. The fraction of sp³-hybridized carbons (Fsp3) is 0.562. The number of phenolic OH excluding ortho intramolecular Hbond substituents is 1. The first kappa shape index (κ1) is 14.7. The van der Waals surface area contributed by atoms with Crippen molar-refractivity contribution in [3.8, 4) is 5.75 Å². The molecular weight excluding hydrogens is 250 g/mol. The lowest BCUT2D eigenvalue weighted by molar-refractivity contribution is 0.325. The Bertz CT molecular complexity index is 477. The Morgan fingerprint density at radius 3 is 2.70 bits per heavy atom. The number of nitrogens with two attached hydrogens (primary N) is 1. The van der Waals surface area contributed by atoms with E-state index in [1.54, 1.807) is 19.5 Å². The summed E-state index contributed by atoms with van der Waals surface area (Å²) in [5, 5.41) is 12.9. The van der Waals surface area contributed by atoms with Crippen molar-refractivity contribution in [3.05, 3.63) is 23.3 Å². The molecule has 2 rings (SSSR count). The van der Waals surface area contributed by atoms with Crippen LogP contribution in [0.5, 0.6) is 5.75 Å². The number of hydrogen-bond acceptors (Lipinski definition) is 3. The Balaban J connectivity index is 1.95. The number of nitrogens with zero attached hydrogens (tertiary/aromatic N) is 1. The smallest absolute Gasteiger partial charge is 0.138 e. The molecule has 20 heavy (non-hydrogen) atoms. The first-order chi connectivity index (χ1) is 9.63. The second kappa shape index (κ2) is 6.64. The van der Waals surface area contributed by atoms with Gasteiger partial charge in [0.05, 0.1) is 12.0 Å². The van der Waals surface area contributed by atoms with E-state index in [1.165, 1.54) is 31.2 Å². The zero-order valence-electron chi connectivity index (χ0n) is 12.4. The molecule has 0 unspecified atom stereocenters. The van der Waals surface area contributed by atoms with Crippen molar-refractivity contribution >= 4 is 12.0 Å². The molecular formula is C16H25N3O. The number of hydrogen-bond donors (Lipinski definition) is 3. The van der Waals surface area contributed by atoms with E-state index in [0.717, 1.165) is 18.0 Å². The van der Waals surface area contributed by atoms with Crippen LogP contribution in [0.25, 0.3) is 0 Å². The predicted molar refractivity (Wildman–Crippen MR) is 84.4 cm³/mol. The molecule has 0 atom stereocenters. The van der Waals surface area contributed by atoms with Gasteiger partial charge in [0.25, 0.3) is 0 Å². The number of aliphatic imine (C=N–C) groups is 1. The average molecular weight is 275 g/mol. The number of aromatic hydroxyl groups is 1. The van der Waals surface area contributed by atoms with Crippen molar-refractivity contribution in [3.63, 3.8) is 0 Å². The molecule has 0 aromatic heterocycles. The monoisotopic (exact) mass is 275 g/mol. The molecule has 0 bridgehead atoms. The lowest BCUT2D eigenvalue weighted by atomic mass is 9.77. The quantitative estimate of drug-likeness (QED) is 0.342. The fourth-order valence-electron chi connectivity index (χ4n) is 3.16. The van der Waals surface area contributed by atoms with Crippen molar-refractivity contribution < 1.29 is 5.11 Å². The van der Waals surface area contributed by atoms with Crippen molar-refractivity contribution in [2.45, 2.75) is 38.5 Å². The maximum atomic E-state index is 9.64. The van der Waals surface area contributed by atoms with E-state index in [1.807, 2.05) is 13.0 Å². The van der Waals surface area contributed by atoms with Crippen molar-refractivity contribution in [1.82, 2.24) is 5.32 Å². The first-order valence-electron chi connectivity index (χ1n) is 7.35. The molecule has 1 saturated carbocycles. The molecule has 4 N–H and O–H groups in total. The lowest BCUT2D eigenvalue weighted by Gasteiger charge is -2.30. The molecule has 1 aromatic rings. The highest BCUT2D eigenvalue weighted by molar-refractivity contribution is 5.60. The Labute approximate surface area is 121 Å². The Hall–Kier alpha value is -1.71. The number of nitrogens with one attached hydrogen (secondary N) is 1. The second-order valence-corrected chi connectivity index (χ2v) is 5.73. The highest BCUT2D eigenvalue weighted by Crippen LogP contribution is 2.39. The predicted octanol–water partition coefficient (Wildman–Crippen LogP) is 2.80. The van der Waals surface area contributed by atoms with Gasteiger partial charge >= 0.3 is 0 Å². The van der Waals surface area contributed by atoms with E-state index in [4.69, 9.17) is 5.73 Å². The average Bonchev–Trinajstić information content (AvgIpc) is 2.46. The van der Waals surface area contributed by atoms with Gasteiger partial charge in [0.1, 0.15) is 5.75 Å². The molecule has 4 heteroatoms. The van der Waals surface area contributed by atoms with E-state index in [-0.39, 0.29) is 5.75 Å². The molecule has 0 heterocycles. The Morgan fingerprint density at radius 2 is 2.05 bits per heavy atom. The van der Waals surface area contributed by atoms with Gasteiger partial charge in [-0.1, -0.05) is 6.07 Å². The Kier molecular flexibility index (Phi) is 4.88. The van der Waals surface area contributed by atoms with Crippen LogP contribution in [-0.4, -0.2) is 25.0 Å². The molecule has 1 aliphatic carbocycles. The van der Waals surface area contributed by atoms with Gasteiger partial charge < -0.3 is 16.2 Å². The third kappa shape index (κ3) is 3.24. The largest absolute Gasteiger partial charge is 0.506 e. The van der Waals surface area contributed by atoms with Gasteiger partial charge in [-0.25, -0.2) is 0 Å². The summed E-state index contributed by atoms with van der Waals surface area (Å²) >= 11 is 0. The highest BCUT2D eigenvalue weighted by Gasteiger charge is 2.24. The van der Waals surface area contributed by atoms with E-state index in [9.17, 15) is 5.11 Å². The third-order valence-electron chi connectivity index (χ3n) is 4.45. The molecule has 1 aliphatic rings. The first-order valence-corrected chi connectivity index (χ1v) is 7.35. The molecule has 0 spiro atoms. The molecule has 110 valence electrons. The summed E-state index contributed by atoms with van der Waals surface area (Å²) in [4.78, 5) is 3.94. The van der Waals surface area contributed by atoms with Crippen LogP contribution >= 0.6 is 0 Å². The number of anilines is 1. The van der Waals surface area contributed by atoms with Gasteiger partial charge in [-0.15, -0.1) is 0 Å². The van der Waals surface area contributed by atoms with Crippen molar-refractivity contribution in [1.29, 1.82) is 0 Å². The van der Waals surface area contributed by atoms with Crippen LogP contribution in [0.3, 0.4) is 0 Å². The summed E-state index contributed by atoms with van der Waals surface area (Å²) in [5.74, 6) is 1.51. The summed E-state index contributed by atoms with van der Waals surface area (Å²) in [6, 6.07) is 3.76. The normalized spacial score (nSPS) is 23.1. The van der Waals surface area contributed by atoms with Crippen LogP contribution in [0, 0.1) is 12.8 Å². The minimum atomic E-state index is 0.197. The van der Waals surface area contributed by atoms with Crippen LogP contribution in [-0.2, 0) is 0 Å². The second-order valence-electron chi connectivity index (χ2n) is 5.73. The Morgan fingerprint density at radius 1 is 1.35 bits per heavy atom. The third-order valence-corrected chi connectivity index (χ3v) is 4.45.